The van der Waals surface area contributed by atoms with Gasteiger partial charge in [0.2, 0.25) is 0 Å². The van der Waals surface area contributed by atoms with E-state index in [1.165, 1.54) is 0 Å². The number of nitrogens with zero attached hydrogens (tertiary/aromatic N) is 2. The SMILES string of the molecule is CC(C)C1C=CC(C#N)N1C. The zero-order chi connectivity index (χ0) is 8.43. The fraction of sp³-hybridized carbons (Fsp3) is 0.667. The van der Waals surface area contributed by atoms with Gasteiger partial charge in [-0.05, 0) is 13.0 Å². The molecule has 0 fully saturated rings. The van der Waals surface area contributed by atoms with E-state index < -0.39 is 0 Å². The van der Waals surface area contributed by atoms with Crippen LogP contribution in [0.15, 0.2) is 12.2 Å². The fourth-order valence-corrected chi connectivity index (χ4v) is 1.50. The summed E-state index contributed by atoms with van der Waals surface area (Å²) >= 11 is 0. The second kappa shape index (κ2) is 3.06. The van der Waals surface area contributed by atoms with Gasteiger partial charge in [-0.2, -0.15) is 5.26 Å². The Balaban J connectivity index is 2.65. The Morgan fingerprint density at radius 3 is 2.36 bits per heavy atom. The van der Waals surface area contributed by atoms with Gasteiger partial charge >= 0.3 is 0 Å². The maximum atomic E-state index is 8.69. The Hall–Kier alpha value is -0.810. The monoisotopic (exact) mass is 150 g/mol. The number of hydrogen-bond acceptors (Lipinski definition) is 2. The normalized spacial score (nSPS) is 31.2. The summed E-state index contributed by atoms with van der Waals surface area (Å²) in [5.41, 5.74) is 0. The van der Waals surface area contributed by atoms with Crippen molar-refractivity contribution in [3.8, 4) is 6.07 Å². The topological polar surface area (TPSA) is 27.0 Å². The summed E-state index contributed by atoms with van der Waals surface area (Å²) in [6.07, 6.45) is 4.10. The third kappa shape index (κ3) is 1.44. The van der Waals surface area contributed by atoms with E-state index in [1.54, 1.807) is 0 Å². The van der Waals surface area contributed by atoms with Crippen molar-refractivity contribution in [2.45, 2.75) is 25.9 Å². The minimum atomic E-state index is -0.0117. The fourth-order valence-electron chi connectivity index (χ4n) is 1.50. The minimum Gasteiger partial charge on any atom is -0.281 e. The second-order valence-electron chi connectivity index (χ2n) is 3.36. The molecule has 1 aliphatic rings. The van der Waals surface area contributed by atoms with E-state index in [2.05, 4.69) is 30.9 Å². The molecular weight excluding hydrogens is 136 g/mol. The molecule has 2 unspecified atom stereocenters. The number of likely N-dealkylation sites (N-methyl/N-ethyl adjacent to an activating group) is 1. The Morgan fingerprint density at radius 1 is 1.45 bits per heavy atom. The zero-order valence-corrected chi connectivity index (χ0v) is 7.28. The van der Waals surface area contributed by atoms with E-state index in [9.17, 15) is 0 Å². The van der Waals surface area contributed by atoms with Crippen LogP contribution in [-0.4, -0.2) is 24.0 Å². The highest BCUT2D eigenvalue weighted by Crippen LogP contribution is 2.19. The van der Waals surface area contributed by atoms with E-state index in [4.69, 9.17) is 5.26 Å². The summed E-state index contributed by atoms with van der Waals surface area (Å²) in [7, 11) is 2.00. The van der Waals surface area contributed by atoms with Crippen LogP contribution >= 0.6 is 0 Å². The zero-order valence-electron chi connectivity index (χ0n) is 7.28. The third-order valence-corrected chi connectivity index (χ3v) is 2.21. The standard InChI is InChI=1S/C9H14N2/c1-7(2)9-5-4-8(6-10)11(9)3/h4-5,7-9H,1-3H3. The van der Waals surface area contributed by atoms with Gasteiger partial charge in [-0.3, -0.25) is 4.90 Å². The molecule has 2 heteroatoms. The second-order valence-corrected chi connectivity index (χ2v) is 3.36. The molecule has 60 valence electrons. The largest absolute Gasteiger partial charge is 0.281 e. The lowest BCUT2D eigenvalue weighted by molar-refractivity contribution is 0.245. The highest BCUT2D eigenvalue weighted by Gasteiger charge is 2.26. The van der Waals surface area contributed by atoms with E-state index in [-0.39, 0.29) is 6.04 Å². The van der Waals surface area contributed by atoms with Crippen molar-refractivity contribution in [1.82, 2.24) is 4.90 Å². The highest BCUT2D eigenvalue weighted by molar-refractivity contribution is 5.17. The van der Waals surface area contributed by atoms with Crippen molar-refractivity contribution >= 4 is 0 Å². The van der Waals surface area contributed by atoms with Crippen molar-refractivity contribution in [1.29, 1.82) is 5.26 Å². The first kappa shape index (κ1) is 8.29. The van der Waals surface area contributed by atoms with Crippen LogP contribution in [0.3, 0.4) is 0 Å². The summed E-state index contributed by atoms with van der Waals surface area (Å²) in [4.78, 5) is 2.10. The summed E-state index contributed by atoms with van der Waals surface area (Å²) < 4.78 is 0. The molecule has 0 spiro atoms. The Bertz CT molecular complexity index is 200. The maximum absolute atomic E-state index is 8.69. The van der Waals surface area contributed by atoms with Crippen molar-refractivity contribution in [2.24, 2.45) is 5.92 Å². The summed E-state index contributed by atoms with van der Waals surface area (Å²) in [5, 5.41) is 8.69. The first-order valence-corrected chi connectivity index (χ1v) is 3.96. The van der Waals surface area contributed by atoms with Crippen molar-refractivity contribution in [2.75, 3.05) is 7.05 Å². The summed E-state index contributed by atoms with van der Waals surface area (Å²) in [6, 6.07) is 2.67. The summed E-state index contributed by atoms with van der Waals surface area (Å²) in [6.45, 7) is 4.34. The van der Waals surface area contributed by atoms with Crippen LogP contribution in [0.25, 0.3) is 0 Å². The predicted octanol–water partition coefficient (Wildman–Crippen LogP) is 1.40. The first-order valence-electron chi connectivity index (χ1n) is 3.96. The predicted molar refractivity (Wildman–Crippen MR) is 44.9 cm³/mol. The molecule has 1 rings (SSSR count). The van der Waals surface area contributed by atoms with Crippen LogP contribution < -0.4 is 0 Å². The third-order valence-electron chi connectivity index (χ3n) is 2.21. The molecule has 2 atom stereocenters. The molecule has 0 radical (unpaired) electrons. The Kier molecular flexibility index (Phi) is 2.31. The van der Waals surface area contributed by atoms with Gasteiger partial charge in [0.25, 0.3) is 0 Å². The maximum Gasteiger partial charge on any atom is 0.117 e. The van der Waals surface area contributed by atoms with Crippen LogP contribution in [0.4, 0.5) is 0 Å². The van der Waals surface area contributed by atoms with Gasteiger partial charge in [-0.1, -0.05) is 26.0 Å². The summed E-state index contributed by atoms with van der Waals surface area (Å²) in [5.74, 6) is 0.592. The van der Waals surface area contributed by atoms with Crippen molar-refractivity contribution < 1.29 is 0 Å². The minimum absolute atomic E-state index is 0.0117. The van der Waals surface area contributed by atoms with Gasteiger partial charge in [-0.15, -0.1) is 0 Å². The molecule has 0 aromatic rings. The molecule has 1 aliphatic heterocycles. The molecule has 11 heavy (non-hydrogen) atoms. The lowest BCUT2D eigenvalue weighted by Gasteiger charge is -2.24. The first-order chi connectivity index (χ1) is 5.16. The number of hydrogen-bond donors (Lipinski definition) is 0. The van der Waals surface area contributed by atoms with E-state index in [1.807, 2.05) is 13.1 Å². The van der Waals surface area contributed by atoms with Gasteiger partial charge < -0.3 is 0 Å². The lowest BCUT2D eigenvalue weighted by atomic mass is 10.1. The molecule has 0 saturated carbocycles. The average molecular weight is 150 g/mol. The van der Waals surface area contributed by atoms with Crippen LogP contribution in [-0.2, 0) is 0 Å². The molecule has 0 aliphatic carbocycles. The molecule has 0 bridgehead atoms. The quantitative estimate of drug-likeness (QED) is 0.528. The molecule has 2 nitrogen and oxygen atoms in total. The molecule has 0 aromatic heterocycles. The Labute approximate surface area is 68.1 Å². The molecule has 1 heterocycles. The average Bonchev–Trinajstić information content (AvgIpc) is 2.30. The highest BCUT2D eigenvalue weighted by atomic mass is 15.2. The molecule has 0 saturated heterocycles. The van der Waals surface area contributed by atoms with Crippen LogP contribution in [0.5, 0.6) is 0 Å². The van der Waals surface area contributed by atoms with Gasteiger partial charge in [0, 0.05) is 6.04 Å². The number of rotatable bonds is 1. The van der Waals surface area contributed by atoms with Crippen LogP contribution in [0, 0.1) is 17.2 Å². The van der Waals surface area contributed by atoms with Gasteiger partial charge in [-0.25, -0.2) is 0 Å². The van der Waals surface area contributed by atoms with E-state index >= 15 is 0 Å². The molecule has 0 amide bonds. The van der Waals surface area contributed by atoms with Crippen molar-refractivity contribution in [3.63, 3.8) is 0 Å². The van der Waals surface area contributed by atoms with E-state index in [0.717, 1.165) is 0 Å². The Morgan fingerprint density at radius 2 is 2.09 bits per heavy atom. The van der Waals surface area contributed by atoms with E-state index in [0.29, 0.717) is 12.0 Å². The van der Waals surface area contributed by atoms with Crippen LogP contribution in [0.2, 0.25) is 0 Å². The van der Waals surface area contributed by atoms with Crippen molar-refractivity contribution in [3.05, 3.63) is 12.2 Å². The molecule has 0 aromatic carbocycles. The molecule has 0 N–H and O–H groups in total. The van der Waals surface area contributed by atoms with Gasteiger partial charge in [0.1, 0.15) is 6.04 Å². The van der Waals surface area contributed by atoms with Crippen LogP contribution in [0.1, 0.15) is 13.8 Å². The lowest BCUT2D eigenvalue weighted by Crippen LogP contribution is -2.35. The smallest absolute Gasteiger partial charge is 0.117 e. The molecular formula is C9H14N2. The van der Waals surface area contributed by atoms with Gasteiger partial charge in [0.05, 0.1) is 6.07 Å². The van der Waals surface area contributed by atoms with Gasteiger partial charge in [0.15, 0.2) is 0 Å². The number of nitriles is 1.